The average Bonchev–Trinajstić information content (AvgIpc) is 2.70. The molecule has 0 amide bonds. The van der Waals surface area contributed by atoms with Crippen LogP contribution < -0.4 is 0 Å². The lowest BCUT2D eigenvalue weighted by molar-refractivity contribution is 1.19. The highest BCUT2D eigenvalue weighted by atomic mass is 79.9. The van der Waals surface area contributed by atoms with Gasteiger partial charge in [-0.3, -0.25) is 3.97 Å². The molecule has 1 aromatic heterocycles. The molecular weight excluding hydrogens is 377 g/mol. The molecule has 0 saturated heterocycles. The van der Waals surface area contributed by atoms with Crippen molar-refractivity contribution < 1.29 is 0 Å². The summed E-state index contributed by atoms with van der Waals surface area (Å²) in [6.07, 6.45) is 0. The van der Waals surface area contributed by atoms with Crippen LogP contribution in [0.5, 0.6) is 0 Å². The third kappa shape index (κ3) is 2.37. The van der Waals surface area contributed by atoms with E-state index in [1.807, 2.05) is 30.3 Å². The highest BCUT2D eigenvalue weighted by Crippen LogP contribution is 2.41. The van der Waals surface area contributed by atoms with Crippen molar-refractivity contribution in [1.82, 2.24) is 3.97 Å². The number of halogens is 3. The van der Waals surface area contributed by atoms with Gasteiger partial charge < -0.3 is 0 Å². The Balaban J connectivity index is 2.24. The van der Waals surface area contributed by atoms with Gasteiger partial charge >= 0.3 is 0 Å². The maximum absolute atomic E-state index is 6.40. The van der Waals surface area contributed by atoms with Crippen molar-refractivity contribution >= 4 is 62.0 Å². The fourth-order valence-corrected chi connectivity index (χ4v) is 4.13. The zero-order valence-electron chi connectivity index (χ0n) is 10.5. The number of benzene rings is 2. The second-order valence-electron chi connectivity index (χ2n) is 4.36. The van der Waals surface area contributed by atoms with E-state index in [0.717, 1.165) is 26.0 Å². The molecule has 0 aliphatic rings. The lowest BCUT2D eigenvalue weighted by Gasteiger charge is -2.08. The van der Waals surface area contributed by atoms with Crippen LogP contribution in [0, 0.1) is 6.92 Å². The van der Waals surface area contributed by atoms with Crippen molar-refractivity contribution in [3.8, 4) is 0 Å². The minimum Gasteiger partial charge on any atom is -0.281 e. The molecule has 20 heavy (non-hydrogen) atoms. The molecule has 3 rings (SSSR count). The Kier molecular flexibility index (Phi) is 4.04. The van der Waals surface area contributed by atoms with Gasteiger partial charge in [-0.25, -0.2) is 0 Å². The summed E-state index contributed by atoms with van der Waals surface area (Å²) in [7, 11) is 0. The number of fused-ring (bicyclic) bond motifs is 1. The van der Waals surface area contributed by atoms with Crippen molar-refractivity contribution in [2.24, 2.45) is 0 Å². The summed E-state index contributed by atoms with van der Waals surface area (Å²) in [4.78, 5) is 1.15. The molecule has 3 aromatic rings. The van der Waals surface area contributed by atoms with Crippen molar-refractivity contribution in [2.75, 3.05) is 0 Å². The summed E-state index contributed by atoms with van der Waals surface area (Å²) in [5.74, 6) is 0. The van der Waals surface area contributed by atoms with Gasteiger partial charge in [-0.05, 0) is 53.0 Å². The van der Waals surface area contributed by atoms with Gasteiger partial charge in [0.15, 0.2) is 0 Å². The van der Waals surface area contributed by atoms with Crippen molar-refractivity contribution in [3.63, 3.8) is 0 Å². The molecule has 0 atom stereocenters. The van der Waals surface area contributed by atoms with E-state index < -0.39 is 0 Å². The molecular formula is C15H10BrCl2NS. The number of nitrogens with zero attached hydrogens (tertiary/aromatic N) is 1. The fraction of sp³-hybridized carbons (Fsp3) is 0.0667. The Labute approximate surface area is 140 Å². The first-order chi connectivity index (χ1) is 9.59. The largest absolute Gasteiger partial charge is 0.281 e. The predicted molar refractivity (Wildman–Crippen MR) is 92.1 cm³/mol. The van der Waals surface area contributed by atoms with E-state index in [-0.39, 0.29) is 0 Å². The Hall–Kier alpha value is -0.610. The zero-order chi connectivity index (χ0) is 14.3. The Morgan fingerprint density at radius 2 is 1.75 bits per heavy atom. The quantitative estimate of drug-likeness (QED) is 0.481. The van der Waals surface area contributed by atoms with E-state index in [4.69, 9.17) is 23.2 Å². The van der Waals surface area contributed by atoms with E-state index in [2.05, 4.69) is 39.0 Å². The molecule has 0 fully saturated rings. The second-order valence-corrected chi connectivity index (χ2v) is 6.95. The lowest BCUT2D eigenvalue weighted by atomic mass is 10.2. The summed E-state index contributed by atoms with van der Waals surface area (Å²) in [6.45, 7) is 2.06. The molecule has 2 aromatic carbocycles. The molecule has 5 heteroatoms. The van der Waals surface area contributed by atoms with E-state index in [1.165, 1.54) is 0 Å². The highest BCUT2D eigenvalue weighted by Gasteiger charge is 2.17. The number of rotatable bonds is 2. The topological polar surface area (TPSA) is 4.93 Å². The third-order valence-corrected chi connectivity index (χ3v) is 5.99. The highest BCUT2D eigenvalue weighted by molar-refractivity contribution is 9.10. The van der Waals surface area contributed by atoms with Crippen LogP contribution in [0.1, 0.15) is 5.69 Å². The van der Waals surface area contributed by atoms with Gasteiger partial charge in [0.25, 0.3) is 0 Å². The average molecular weight is 387 g/mol. The monoisotopic (exact) mass is 385 g/mol. The lowest BCUT2D eigenvalue weighted by Crippen LogP contribution is -1.90. The van der Waals surface area contributed by atoms with Crippen LogP contribution >= 0.6 is 51.1 Å². The normalized spacial score (nSPS) is 11.2. The smallest absolute Gasteiger partial charge is 0.0844 e. The molecule has 1 nitrogen and oxygen atoms in total. The van der Waals surface area contributed by atoms with Crippen LogP contribution in [0.4, 0.5) is 0 Å². The molecule has 0 aliphatic carbocycles. The van der Waals surface area contributed by atoms with Crippen molar-refractivity contribution in [1.29, 1.82) is 0 Å². The Bertz CT molecular complexity index is 784. The SMILES string of the molecule is Cc1c(Br)c2ccc(Cl)c(Cl)c2n1Sc1ccccc1. The van der Waals surface area contributed by atoms with Gasteiger partial charge in [-0.1, -0.05) is 47.5 Å². The second kappa shape index (κ2) is 5.64. The fourth-order valence-electron chi connectivity index (χ4n) is 2.07. The van der Waals surface area contributed by atoms with Crippen LogP contribution in [0.3, 0.4) is 0 Å². The molecule has 0 unspecified atom stereocenters. The van der Waals surface area contributed by atoms with Gasteiger partial charge in [-0.2, -0.15) is 0 Å². The molecule has 1 heterocycles. The molecule has 0 spiro atoms. The number of aromatic nitrogens is 1. The Morgan fingerprint density at radius 1 is 1.05 bits per heavy atom. The molecule has 0 radical (unpaired) electrons. The van der Waals surface area contributed by atoms with E-state index in [9.17, 15) is 0 Å². The summed E-state index contributed by atoms with van der Waals surface area (Å²) in [5.41, 5.74) is 2.05. The third-order valence-electron chi connectivity index (χ3n) is 3.07. The summed E-state index contributed by atoms with van der Waals surface area (Å²) < 4.78 is 3.16. The summed E-state index contributed by atoms with van der Waals surface area (Å²) >= 11 is 17.8. The molecule has 0 saturated carbocycles. The van der Waals surface area contributed by atoms with E-state index in [0.29, 0.717) is 10.0 Å². The van der Waals surface area contributed by atoms with Crippen LogP contribution in [0.25, 0.3) is 10.9 Å². The minimum absolute atomic E-state index is 0.569. The zero-order valence-corrected chi connectivity index (χ0v) is 14.4. The van der Waals surface area contributed by atoms with Crippen LogP contribution in [0.15, 0.2) is 51.8 Å². The van der Waals surface area contributed by atoms with Crippen LogP contribution in [0.2, 0.25) is 10.0 Å². The summed E-state index contributed by atoms with van der Waals surface area (Å²) in [5, 5.41) is 2.22. The van der Waals surface area contributed by atoms with Crippen molar-refractivity contribution in [2.45, 2.75) is 11.8 Å². The maximum Gasteiger partial charge on any atom is 0.0844 e. The van der Waals surface area contributed by atoms with Crippen LogP contribution in [-0.2, 0) is 0 Å². The maximum atomic E-state index is 6.40. The first-order valence-electron chi connectivity index (χ1n) is 5.97. The van der Waals surface area contributed by atoms with Crippen molar-refractivity contribution in [3.05, 3.63) is 62.7 Å². The molecule has 0 aliphatic heterocycles. The van der Waals surface area contributed by atoms with Gasteiger partial charge in [-0.15, -0.1) is 0 Å². The van der Waals surface area contributed by atoms with Crippen LogP contribution in [-0.4, -0.2) is 3.97 Å². The number of hydrogen-bond acceptors (Lipinski definition) is 1. The van der Waals surface area contributed by atoms with Gasteiger partial charge in [0.05, 0.1) is 15.6 Å². The first-order valence-corrected chi connectivity index (χ1v) is 8.29. The van der Waals surface area contributed by atoms with E-state index >= 15 is 0 Å². The van der Waals surface area contributed by atoms with Gasteiger partial charge in [0, 0.05) is 20.4 Å². The Morgan fingerprint density at radius 3 is 2.45 bits per heavy atom. The molecule has 102 valence electrons. The number of hydrogen-bond donors (Lipinski definition) is 0. The van der Waals surface area contributed by atoms with E-state index in [1.54, 1.807) is 11.9 Å². The molecule has 0 N–H and O–H groups in total. The van der Waals surface area contributed by atoms with Gasteiger partial charge in [0.2, 0.25) is 0 Å². The predicted octanol–water partition coefficient (Wildman–Crippen LogP) is 6.57. The first kappa shape index (κ1) is 14.3. The molecule has 0 bridgehead atoms. The minimum atomic E-state index is 0.569. The van der Waals surface area contributed by atoms with Gasteiger partial charge in [0.1, 0.15) is 0 Å². The standard InChI is InChI=1S/C15H10BrCl2NS/c1-9-13(16)11-7-8-12(17)14(18)15(11)19(9)20-10-5-3-2-4-6-10/h2-8H,1H3. The summed E-state index contributed by atoms with van der Waals surface area (Å²) in [6, 6.07) is 14.0.